The zero-order valence-corrected chi connectivity index (χ0v) is 11.1. The maximum absolute atomic E-state index is 13.3. The Kier molecular flexibility index (Phi) is 4.29. The van der Waals surface area contributed by atoms with Crippen molar-refractivity contribution in [3.05, 3.63) is 33.1 Å². The topological polar surface area (TPSA) is 55.2 Å². The van der Waals surface area contributed by atoms with E-state index in [1.54, 1.807) is 0 Å². The number of hydrogen-bond donors (Lipinski definition) is 1. The summed E-state index contributed by atoms with van der Waals surface area (Å²) in [7, 11) is 0. The molecule has 1 unspecified atom stereocenters. The van der Waals surface area contributed by atoms with Crippen molar-refractivity contribution in [2.45, 2.75) is 6.42 Å². The van der Waals surface area contributed by atoms with E-state index in [1.165, 1.54) is 0 Å². The van der Waals surface area contributed by atoms with Crippen LogP contribution in [0.3, 0.4) is 0 Å². The second-order valence-electron chi connectivity index (χ2n) is 4.15. The van der Waals surface area contributed by atoms with Crippen molar-refractivity contribution in [2.75, 3.05) is 23.4 Å². The minimum atomic E-state index is -0.648. The maximum Gasteiger partial charge on any atom is 0.294 e. The zero-order chi connectivity index (χ0) is 13.1. The molecule has 1 saturated heterocycles. The highest BCUT2D eigenvalue weighted by atomic mass is 35.5. The Morgan fingerprint density at radius 3 is 3.00 bits per heavy atom. The third-order valence-electron chi connectivity index (χ3n) is 2.84. The quantitative estimate of drug-likeness (QED) is 0.680. The standard InChI is InChI=1S/C11H12ClFN2O2S/c12-8-3-11(15(16)17)10(4-9(8)13)14-5-7-1-2-18-6-7/h3-4,7,14H,1-2,5-6H2. The predicted octanol–water partition coefficient (Wildman–Crippen LogP) is 3.55. The number of nitrogens with zero attached hydrogens (tertiary/aromatic N) is 1. The molecule has 2 rings (SSSR count). The molecule has 98 valence electrons. The van der Waals surface area contributed by atoms with E-state index >= 15 is 0 Å². The molecule has 0 aromatic heterocycles. The van der Waals surface area contributed by atoms with Gasteiger partial charge >= 0.3 is 0 Å². The lowest BCUT2D eigenvalue weighted by Crippen LogP contribution is -2.14. The van der Waals surface area contributed by atoms with Crippen LogP contribution in [-0.2, 0) is 0 Å². The van der Waals surface area contributed by atoms with Crippen molar-refractivity contribution in [1.29, 1.82) is 0 Å². The maximum atomic E-state index is 13.3. The summed E-state index contributed by atoms with van der Waals surface area (Å²) in [6.07, 6.45) is 1.08. The van der Waals surface area contributed by atoms with Gasteiger partial charge in [-0.15, -0.1) is 0 Å². The summed E-state index contributed by atoms with van der Waals surface area (Å²) in [4.78, 5) is 10.3. The summed E-state index contributed by atoms with van der Waals surface area (Å²) in [5, 5.41) is 13.6. The number of anilines is 1. The number of hydrogen-bond acceptors (Lipinski definition) is 4. The van der Waals surface area contributed by atoms with Gasteiger partial charge in [0.25, 0.3) is 5.69 Å². The highest BCUT2D eigenvalue weighted by Crippen LogP contribution is 2.31. The monoisotopic (exact) mass is 290 g/mol. The summed E-state index contributed by atoms with van der Waals surface area (Å²) in [6, 6.07) is 2.13. The van der Waals surface area contributed by atoms with Crippen LogP contribution in [0.5, 0.6) is 0 Å². The lowest BCUT2D eigenvalue weighted by atomic mass is 10.1. The van der Waals surface area contributed by atoms with E-state index in [0.29, 0.717) is 12.5 Å². The number of nitrogens with one attached hydrogen (secondary N) is 1. The lowest BCUT2D eigenvalue weighted by Gasteiger charge is -2.11. The van der Waals surface area contributed by atoms with Crippen molar-refractivity contribution in [3.63, 3.8) is 0 Å². The van der Waals surface area contributed by atoms with Crippen LogP contribution in [0, 0.1) is 21.8 Å². The van der Waals surface area contributed by atoms with E-state index < -0.39 is 10.7 Å². The van der Waals surface area contributed by atoms with Crippen LogP contribution < -0.4 is 5.32 Å². The molecule has 0 saturated carbocycles. The Labute approximate surface area is 113 Å². The number of rotatable bonds is 4. The average Bonchev–Trinajstić information content (AvgIpc) is 2.83. The van der Waals surface area contributed by atoms with Crippen LogP contribution in [0.25, 0.3) is 0 Å². The molecule has 1 fully saturated rings. The summed E-state index contributed by atoms with van der Waals surface area (Å²) in [5.41, 5.74) is 0.00542. The fraction of sp³-hybridized carbons (Fsp3) is 0.455. The first-order chi connectivity index (χ1) is 8.58. The molecule has 0 bridgehead atoms. The number of nitro groups is 1. The molecule has 18 heavy (non-hydrogen) atoms. The van der Waals surface area contributed by atoms with E-state index in [9.17, 15) is 14.5 Å². The van der Waals surface area contributed by atoms with Crippen molar-refractivity contribution in [1.82, 2.24) is 0 Å². The normalized spacial score (nSPS) is 18.9. The first-order valence-electron chi connectivity index (χ1n) is 5.53. The van der Waals surface area contributed by atoms with Gasteiger partial charge in [0.05, 0.1) is 9.95 Å². The minimum absolute atomic E-state index is 0.188. The van der Waals surface area contributed by atoms with E-state index in [-0.39, 0.29) is 16.4 Å². The number of thioether (sulfide) groups is 1. The van der Waals surface area contributed by atoms with Gasteiger partial charge in [-0.05, 0) is 23.8 Å². The van der Waals surface area contributed by atoms with Crippen LogP contribution in [0.2, 0.25) is 5.02 Å². The first-order valence-corrected chi connectivity index (χ1v) is 7.06. The molecule has 0 amide bonds. The molecule has 4 nitrogen and oxygen atoms in total. The van der Waals surface area contributed by atoms with Crippen molar-refractivity contribution in [3.8, 4) is 0 Å². The van der Waals surface area contributed by atoms with E-state index in [0.717, 1.165) is 30.1 Å². The zero-order valence-electron chi connectivity index (χ0n) is 9.49. The second kappa shape index (κ2) is 5.75. The summed E-state index contributed by atoms with van der Waals surface area (Å²) in [5.74, 6) is 1.99. The smallest absolute Gasteiger partial charge is 0.294 e. The van der Waals surface area contributed by atoms with Crippen molar-refractivity contribution in [2.24, 2.45) is 5.92 Å². The molecule has 7 heteroatoms. The molecule has 1 N–H and O–H groups in total. The van der Waals surface area contributed by atoms with Gasteiger partial charge in [-0.25, -0.2) is 4.39 Å². The van der Waals surface area contributed by atoms with Crippen LogP contribution in [0.1, 0.15) is 6.42 Å². The van der Waals surface area contributed by atoms with Gasteiger partial charge in [0.2, 0.25) is 0 Å². The van der Waals surface area contributed by atoms with Gasteiger partial charge in [-0.3, -0.25) is 10.1 Å². The summed E-state index contributed by atoms with van der Waals surface area (Å²) in [6.45, 7) is 0.620. The van der Waals surface area contributed by atoms with Gasteiger partial charge in [0, 0.05) is 18.7 Å². The van der Waals surface area contributed by atoms with Gasteiger partial charge < -0.3 is 5.32 Å². The van der Waals surface area contributed by atoms with E-state index in [2.05, 4.69) is 5.32 Å². The second-order valence-corrected chi connectivity index (χ2v) is 5.71. The fourth-order valence-corrected chi connectivity index (χ4v) is 3.27. The fourth-order valence-electron chi connectivity index (χ4n) is 1.83. The number of nitro benzene ring substituents is 1. The van der Waals surface area contributed by atoms with Crippen molar-refractivity contribution >= 4 is 34.7 Å². The SMILES string of the molecule is O=[N+]([O-])c1cc(Cl)c(F)cc1NCC1CCSC1. The largest absolute Gasteiger partial charge is 0.379 e. The van der Waals surface area contributed by atoms with Gasteiger partial charge in [-0.2, -0.15) is 11.8 Å². The van der Waals surface area contributed by atoms with Crippen LogP contribution in [0.15, 0.2) is 12.1 Å². The first kappa shape index (κ1) is 13.4. The predicted molar refractivity (Wildman–Crippen MR) is 72.0 cm³/mol. The Balaban J connectivity index is 2.14. The Morgan fingerprint density at radius 1 is 1.61 bits per heavy atom. The Morgan fingerprint density at radius 2 is 2.39 bits per heavy atom. The van der Waals surface area contributed by atoms with E-state index in [1.807, 2.05) is 11.8 Å². The number of benzene rings is 1. The molecule has 0 radical (unpaired) electrons. The molecule has 1 aliphatic rings. The Hall–Kier alpha value is -1.01. The molecular formula is C11H12ClFN2O2S. The molecule has 1 aromatic carbocycles. The molecular weight excluding hydrogens is 279 g/mol. The van der Waals surface area contributed by atoms with Crippen molar-refractivity contribution < 1.29 is 9.31 Å². The van der Waals surface area contributed by atoms with Crippen LogP contribution in [0.4, 0.5) is 15.8 Å². The lowest BCUT2D eigenvalue weighted by molar-refractivity contribution is -0.384. The molecule has 0 aliphatic carbocycles. The molecule has 1 heterocycles. The van der Waals surface area contributed by atoms with Crippen LogP contribution in [-0.4, -0.2) is 23.0 Å². The molecule has 0 spiro atoms. The molecule has 1 aliphatic heterocycles. The third kappa shape index (κ3) is 3.05. The highest BCUT2D eigenvalue weighted by molar-refractivity contribution is 7.99. The molecule has 1 aromatic rings. The third-order valence-corrected chi connectivity index (χ3v) is 4.36. The van der Waals surface area contributed by atoms with Gasteiger partial charge in [-0.1, -0.05) is 11.6 Å². The van der Waals surface area contributed by atoms with Gasteiger partial charge in [0.1, 0.15) is 11.5 Å². The summed E-state index contributed by atoms with van der Waals surface area (Å²) >= 11 is 7.41. The van der Waals surface area contributed by atoms with Gasteiger partial charge in [0.15, 0.2) is 0 Å². The van der Waals surface area contributed by atoms with Crippen LogP contribution >= 0.6 is 23.4 Å². The number of halogens is 2. The average molecular weight is 291 g/mol. The molecule has 1 atom stereocenters. The summed E-state index contributed by atoms with van der Waals surface area (Å²) < 4.78 is 13.3. The highest BCUT2D eigenvalue weighted by Gasteiger charge is 2.20. The minimum Gasteiger partial charge on any atom is -0.379 e. The Bertz CT molecular complexity index is 467. The van der Waals surface area contributed by atoms with E-state index in [4.69, 9.17) is 11.6 Å².